The summed E-state index contributed by atoms with van der Waals surface area (Å²) in [6.45, 7) is 4.77. The molecule has 1 aromatic heterocycles. The van der Waals surface area contributed by atoms with Crippen molar-refractivity contribution in [3.05, 3.63) is 21.9 Å². The zero-order valence-electron chi connectivity index (χ0n) is 18.5. The molecule has 1 amide bonds. The monoisotopic (exact) mass is 447 g/mol. The lowest BCUT2D eigenvalue weighted by Crippen LogP contribution is -2.52. The van der Waals surface area contributed by atoms with Gasteiger partial charge in [0.1, 0.15) is 4.88 Å². The van der Waals surface area contributed by atoms with Gasteiger partial charge >= 0.3 is 5.97 Å². The van der Waals surface area contributed by atoms with E-state index in [2.05, 4.69) is 13.0 Å². The minimum absolute atomic E-state index is 0.0168. The molecule has 2 aliphatic carbocycles. The summed E-state index contributed by atoms with van der Waals surface area (Å²) in [6.07, 6.45) is 9.95. The number of carboxylic acid groups (broad SMARTS) is 1. The fraction of sp³-hybridized carbons (Fsp3) is 0.667. The van der Waals surface area contributed by atoms with Crippen LogP contribution in [0.3, 0.4) is 0 Å². The van der Waals surface area contributed by atoms with Crippen molar-refractivity contribution in [2.45, 2.75) is 77.5 Å². The van der Waals surface area contributed by atoms with Crippen LogP contribution in [-0.2, 0) is 14.3 Å². The largest absolute Gasteiger partial charge is 0.477 e. The summed E-state index contributed by atoms with van der Waals surface area (Å²) in [6, 6.07) is 1.61. The standard InChI is InChI=1S/C24H33NO5S/c1-15-8-10-18(11-9-15)23(26)25(19-13-29-16(2)30-14-19)20-12-21(31-22(20)24(27)28)17-6-4-3-5-7-17/h6,12,15-16,18-19H,3-5,7-11,13-14H2,1-2H3,(H,27,28). The van der Waals surface area contributed by atoms with Crippen molar-refractivity contribution in [1.29, 1.82) is 0 Å². The molecular weight excluding hydrogens is 414 g/mol. The van der Waals surface area contributed by atoms with E-state index >= 15 is 0 Å². The highest BCUT2D eigenvalue weighted by molar-refractivity contribution is 7.15. The molecule has 1 aliphatic heterocycles. The van der Waals surface area contributed by atoms with Crippen molar-refractivity contribution in [2.75, 3.05) is 18.1 Å². The van der Waals surface area contributed by atoms with E-state index in [1.165, 1.54) is 23.3 Å². The predicted molar refractivity (Wildman–Crippen MR) is 121 cm³/mol. The molecule has 1 saturated heterocycles. The van der Waals surface area contributed by atoms with Gasteiger partial charge in [0.05, 0.1) is 24.9 Å². The molecule has 0 atom stereocenters. The first-order valence-corrected chi connectivity index (χ1v) is 12.4. The fourth-order valence-electron chi connectivity index (χ4n) is 4.87. The minimum atomic E-state index is -0.983. The van der Waals surface area contributed by atoms with Gasteiger partial charge in [0.25, 0.3) is 0 Å². The average Bonchev–Trinajstić information content (AvgIpc) is 3.22. The SMILES string of the molecule is CC1CCC(C(=O)N(c2cc(C3=CCCCC3)sc2C(=O)O)C2COC(C)OC2)CC1. The van der Waals surface area contributed by atoms with Crippen molar-refractivity contribution >= 4 is 34.5 Å². The van der Waals surface area contributed by atoms with Crippen LogP contribution in [0.4, 0.5) is 5.69 Å². The third-order valence-corrected chi connectivity index (χ3v) is 7.98. The number of carbonyl (C=O) groups is 2. The Labute approximate surface area is 188 Å². The molecule has 0 radical (unpaired) electrons. The van der Waals surface area contributed by atoms with E-state index in [0.29, 0.717) is 24.8 Å². The number of rotatable bonds is 5. The Hall–Kier alpha value is -1.70. The van der Waals surface area contributed by atoms with Crippen molar-refractivity contribution < 1.29 is 24.2 Å². The highest BCUT2D eigenvalue weighted by Crippen LogP contribution is 2.40. The Morgan fingerprint density at radius 2 is 1.81 bits per heavy atom. The van der Waals surface area contributed by atoms with Crippen LogP contribution >= 0.6 is 11.3 Å². The van der Waals surface area contributed by atoms with Crippen LogP contribution in [-0.4, -0.2) is 42.5 Å². The number of hydrogen-bond acceptors (Lipinski definition) is 5. The van der Waals surface area contributed by atoms with E-state index in [1.54, 1.807) is 4.90 Å². The summed E-state index contributed by atoms with van der Waals surface area (Å²) in [5, 5.41) is 9.98. The quantitative estimate of drug-likeness (QED) is 0.661. The maximum absolute atomic E-state index is 13.8. The van der Waals surface area contributed by atoms with Crippen molar-refractivity contribution in [1.82, 2.24) is 0 Å². The lowest BCUT2D eigenvalue weighted by atomic mass is 9.82. The van der Waals surface area contributed by atoms with Crippen LogP contribution in [0.15, 0.2) is 12.1 Å². The number of ether oxygens (including phenoxy) is 2. The van der Waals surface area contributed by atoms with E-state index < -0.39 is 5.97 Å². The van der Waals surface area contributed by atoms with Crippen LogP contribution in [0.5, 0.6) is 0 Å². The molecule has 170 valence electrons. The van der Waals surface area contributed by atoms with Crippen LogP contribution in [0.1, 0.15) is 79.8 Å². The molecule has 4 rings (SSSR count). The number of carbonyl (C=O) groups excluding carboxylic acids is 1. The number of allylic oxidation sites excluding steroid dienone is 2. The molecular formula is C24H33NO5S. The number of thiophene rings is 1. The van der Waals surface area contributed by atoms with Crippen LogP contribution in [0.25, 0.3) is 5.57 Å². The maximum atomic E-state index is 13.8. The predicted octanol–water partition coefficient (Wildman–Crippen LogP) is 5.32. The van der Waals surface area contributed by atoms with Gasteiger partial charge in [-0.2, -0.15) is 0 Å². The first-order valence-electron chi connectivity index (χ1n) is 11.6. The fourth-order valence-corrected chi connectivity index (χ4v) is 5.93. The van der Waals surface area contributed by atoms with Gasteiger partial charge in [-0.3, -0.25) is 4.79 Å². The molecule has 31 heavy (non-hydrogen) atoms. The summed E-state index contributed by atoms with van der Waals surface area (Å²) >= 11 is 1.29. The Balaban J connectivity index is 1.70. The van der Waals surface area contributed by atoms with Crippen molar-refractivity contribution in [3.63, 3.8) is 0 Å². The Morgan fingerprint density at radius 1 is 1.10 bits per heavy atom. The van der Waals surface area contributed by atoms with Crippen molar-refractivity contribution in [2.24, 2.45) is 11.8 Å². The summed E-state index contributed by atoms with van der Waals surface area (Å²) < 4.78 is 11.4. The molecule has 0 unspecified atom stereocenters. The second-order valence-corrected chi connectivity index (χ2v) is 10.2. The van der Waals surface area contributed by atoms with E-state index in [1.807, 2.05) is 13.0 Å². The lowest BCUT2D eigenvalue weighted by molar-refractivity contribution is -0.176. The normalized spacial score (nSPS) is 29.3. The molecule has 2 heterocycles. The van der Waals surface area contributed by atoms with Gasteiger partial charge in [0, 0.05) is 10.8 Å². The van der Waals surface area contributed by atoms with Gasteiger partial charge < -0.3 is 19.5 Å². The minimum Gasteiger partial charge on any atom is -0.477 e. The zero-order valence-corrected chi connectivity index (χ0v) is 19.3. The molecule has 0 aromatic carbocycles. The number of hydrogen-bond donors (Lipinski definition) is 1. The number of anilines is 1. The third-order valence-electron chi connectivity index (χ3n) is 6.79. The van der Waals surface area contributed by atoms with E-state index in [0.717, 1.165) is 49.8 Å². The molecule has 1 saturated carbocycles. The van der Waals surface area contributed by atoms with Gasteiger partial charge in [-0.15, -0.1) is 11.3 Å². The molecule has 1 N–H and O–H groups in total. The van der Waals surface area contributed by atoms with Gasteiger partial charge in [-0.05, 0) is 75.8 Å². The Morgan fingerprint density at radius 3 is 2.42 bits per heavy atom. The van der Waals surface area contributed by atoms with Gasteiger partial charge in [-0.1, -0.05) is 13.0 Å². The van der Waals surface area contributed by atoms with Gasteiger partial charge in [0.2, 0.25) is 5.91 Å². The smallest absolute Gasteiger partial charge is 0.348 e. The number of amides is 1. The number of carboxylic acids is 1. The van der Waals surface area contributed by atoms with Crippen LogP contribution in [0, 0.1) is 11.8 Å². The first-order chi connectivity index (χ1) is 14.9. The number of nitrogens with zero attached hydrogens (tertiary/aromatic N) is 1. The summed E-state index contributed by atoms with van der Waals surface area (Å²) in [5.41, 5.74) is 1.71. The lowest BCUT2D eigenvalue weighted by Gasteiger charge is -2.38. The third kappa shape index (κ3) is 5.04. The van der Waals surface area contributed by atoms with E-state index in [4.69, 9.17) is 9.47 Å². The molecule has 0 spiro atoms. The van der Waals surface area contributed by atoms with Gasteiger partial charge in [0.15, 0.2) is 6.29 Å². The highest BCUT2D eigenvalue weighted by atomic mass is 32.1. The Bertz CT molecular complexity index is 831. The van der Waals surface area contributed by atoms with Crippen LogP contribution < -0.4 is 4.90 Å². The number of aromatic carboxylic acids is 1. The summed E-state index contributed by atoms with van der Waals surface area (Å²) in [7, 11) is 0. The maximum Gasteiger partial charge on any atom is 0.348 e. The molecule has 6 nitrogen and oxygen atoms in total. The average molecular weight is 448 g/mol. The molecule has 7 heteroatoms. The molecule has 2 fully saturated rings. The summed E-state index contributed by atoms with van der Waals surface area (Å²) in [4.78, 5) is 28.9. The Kier molecular flexibility index (Phi) is 7.14. The zero-order chi connectivity index (χ0) is 22.0. The van der Waals surface area contributed by atoms with Crippen molar-refractivity contribution in [3.8, 4) is 0 Å². The molecule has 1 aromatic rings. The van der Waals surface area contributed by atoms with Crippen LogP contribution in [0.2, 0.25) is 0 Å². The highest BCUT2D eigenvalue weighted by Gasteiger charge is 2.38. The second-order valence-electron chi connectivity index (χ2n) is 9.16. The first kappa shape index (κ1) is 22.5. The van der Waals surface area contributed by atoms with E-state index in [9.17, 15) is 14.7 Å². The molecule has 3 aliphatic rings. The topological polar surface area (TPSA) is 76.1 Å². The summed E-state index contributed by atoms with van der Waals surface area (Å²) in [5.74, 6) is -0.401. The molecule has 0 bridgehead atoms. The van der Waals surface area contributed by atoms with E-state index in [-0.39, 0.29) is 29.0 Å². The van der Waals surface area contributed by atoms with Gasteiger partial charge in [-0.25, -0.2) is 4.79 Å². The second kappa shape index (κ2) is 9.84.